The van der Waals surface area contributed by atoms with Gasteiger partial charge in [0.1, 0.15) is 12.2 Å². The number of fused-ring (bicyclic) bond motifs is 1. The van der Waals surface area contributed by atoms with Crippen LogP contribution in [0.4, 0.5) is 0 Å². The monoisotopic (exact) mass is 282 g/mol. The summed E-state index contributed by atoms with van der Waals surface area (Å²) in [5, 5.41) is 9.84. The minimum absolute atomic E-state index is 0.124. The lowest BCUT2D eigenvalue weighted by Crippen LogP contribution is -2.02. The quantitative estimate of drug-likeness (QED) is 0.776. The van der Waals surface area contributed by atoms with Crippen molar-refractivity contribution in [3.8, 4) is 5.95 Å². The molecule has 4 nitrogen and oxygen atoms in total. The average Bonchev–Trinajstić information content (AvgIpc) is 2.84. The predicted molar refractivity (Wildman–Crippen MR) is 78.3 cm³/mol. The molecule has 0 unspecified atom stereocenters. The second-order valence-electron chi connectivity index (χ2n) is 4.71. The molecule has 1 aromatic heterocycles. The van der Waals surface area contributed by atoms with Gasteiger partial charge in [-0.05, 0) is 11.6 Å². The predicted octanol–water partition coefficient (Wildman–Crippen LogP) is 3.64. The van der Waals surface area contributed by atoms with Crippen LogP contribution in [0.2, 0.25) is 0 Å². The van der Waals surface area contributed by atoms with Crippen LogP contribution in [-0.2, 0) is 17.8 Å². The Bertz CT molecular complexity index is 759. The van der Waals surface area contributed by atoms with Gasteiger partial charge in [-0.2, -0.15) is 0 Å². The molecule has 106 valence electrons. The van der Waals surface area contributed by atoms with Crippen molar-refractivity contribution >= 4 is 16.9 Å². The minimum Gasteiger partial charge on any atom is -0.481 e. The Morgan fingerprint density at radius 2 is 1.76 bits per heavy atom. The van der Waals surface area contributed by atoms with Crippen molar-refractivity contribution in [3.05, 3.63) is 65.7 Å². The lowest BCUT2D eigenvalue weighted by molar-refractivity contribution is -0.136. The zero-order valence-electron chi connectivity index (χ0n) is 11.3. The van der Waals surface area contributed by atoms with Crippen molar-refractivity contribution in [2.45, 2.75) is 13.0 Å². The van der Waals surface area contributed by atoms with Crippen LogP contribution >= 0.6 is 0 Å². The zero-order chi connectivity index (χ0) is 14.7. The largest absolute Gasteiger partial charge is 0.481 e. The van der Waals surface area contributed by atoms with Gasteiger partial charge in [0.2, 0.25) is 0 Å². The third-order valence-electron chi connectivity index (χ3n) is 3.20. The molecule has 0 aliphatic heterocycles. The van der Waals surface area contributed by atoms with Gasteiger partial charge in [0.05, 0.1) is 12.0 Å². The number of rotatable bonds is 5. The van der Waals surface area contributed by atoms with Crippen molar-refractivity contribution in [1.29, 1.82) is 0 Å². The first-order valence-electron chi connectivity index (χ1n) is 6.63. The van der Waals surface area contributed by atoms with Crippen LogP contribution in [-0.4, -0.2) is 11.1 Å². The Labute approximate surface area is 121 Å². The third kappa shape index (κ3) is 2.89. The molecule has 0 spiro atoms. The molecule has 3 rings (SSSR count). The number of hydrogen-bond acceptors (Lipinski definition) is 3. The fourth-order valence-corrected chi connectivity index (χ4v) is 2.23. The molecular weight excluding hydrogens is 268 g/mol. The van der Waals surface area contributed by atoms with Crippen LogP contribution in [0.5, 0.6) is 5.95 Å². The Balaban J connectivity index is 1.91. The van der Waals surface area contributed by atoms with Gasteiger partial charge in [0.15, 0.2) is 0 Å². The highest BCUT2D eigenvalue weighted by Gasteiger charge is 2.18. The Morgan fingerprint density at radius 3 is 2.52 bits per heavy atom. The molecule has 0 atom stereocenters. The number of ether oxygens (including phenoxy) is 1. The summed E-state index contributed by atoms with van der Waals surface area (Å²) in [6.45, 7) is 0.341. The van der Waals surface area contributed by atoms with Gasteiger partial charge in [-0.25, -0.2) is 0 Å². The van der Waals surface area contributed by atoms with Gasteiger partial charge in [-0.15, -0.1) is 0 Å². The Hall–Kier alpha value is -2.75. The first-order chi connectivity index (χ1) is 10.2. The van der Waals surface area contributed by atoms with Crippen LogP contribution in [0.25, 0.3) is 11.0 Å². The van der Waals surface area contributed by atoms with E-state index in [-0.39, 0.29) is 12.4 Å². The van der Waals surface area contributed by atoms with Gasteiger partial charge in [-0.1, -0.05) is 48.5 Å². The van der Waals surface area contributed by atoms with E-state index in [1.807, 2.05) is 48.5 Å². The SMILES string of the molecule is O=C(O)Cc1c(OCc2ccccc2)oc2ccccc12. The number of benzene rings is 2. The molecule has 0 saturated carbocycles. The maximum Gasteiger partial charge on any atom is 0.308 e. The number of carboxylic acid groups (broad SMARTS) is 1. The van der Waals surface area contributed by atoms with E-state index in [4.69, 9.17) is 14.3 Å². The van der Waals surface area contributed by atoms with Gasteiger partial charge in [0, 0.05) is 5.39 Å². The highest BCUT2D eigenvalue weighted by atomic mass is 16.6. The molecule has 0 radical (unpaired) electrons. The number of carboxylic acids is 1. The standard InChI is InChI=1S/C17H14O4/c18-16(19)10-14-13-8-4-5-9-15(13)21-17(14)20-11-12-6-2-1-3-7-12/h1-9H,10-11H2,(H,18,19). The normalized spacial score (nSPS) is 10.7. The summed E-state index contributed by atoms with van der Waals surface area (Å²) in [7, 11) is 0. The van der Waals surface area contributed by atoms with Gasteiger partial charge in [-0.3, -0.25) is 4.79 Å². The second-order valence-corrected chi connectivity index (χ2v) is 4.71. The van der Waals surface area contributed by atoms with E-state index in [1.54, 1.807) is 6.07 Å². The van der Waals surface area contributed by atoms with Gasteiger partial charge in [0.25, 0.3) is 5.95 Å². The third-order valence-corrected chi connectivity index (χ3v) is 3.20. The van der Waals surface area contributed by atoms with Crippen molar-refractivity contribution < 1.29 is 19.1 Å². The molecule has 0 bridgehead atoms. The molecule has 1 heterocycles. The van der Waals surface area contributed by atoms with E-state index in [0.29, 0.717) is 17.8 Å². The molecule has 0 aliphatic rings. The molecule has 4 heteroatoms. The van der Waals surface area contributed by atoms with Crippen LogP contribution in [0.3, 0.4) is 0 Å². The van der Waals surface area contributed by atoms with Crippen LogP contribution < -0.4 is 4.74 Å². The highest BCUT2D eigenvalue weighted by molar-refractivity contribution is 5.87. The average molecular weight is 282 g/mol. The molecule has 0 aliphatic carbocycles. The minimum atomic E-state index is -0.911. The smallest absolute Gasteiger partial charge is 0.308 e. The number of hydrogen-bond donors (Lipinski definition) is 1. The molecule has 3 aromatic rings. The van der Waals surface area contributed by atoms with E-state index < -0.39 is 5.97 Å². The summed E-state index contributed by atoms with van der Waals surface area (Å²) >= 11 is 0. The fraction of sp³-hybridized carbons (Fsp3) is 0.118. The van der Waals surface area contributed by atoms with E-state index in [9.17, 15) is 4.79 Å². The molecule has 0 fully saturated rings. The topological polar surface area (TPSA) is 59.7 Å². The highest BCUT2D eigenvalue weighted by Crippen LogP contribution is 2.32. The summed E-state index contributed by atoms with van der Waals surface area (Å²) in [4.78, 5) is 11.0. The van der Waals surface area contributed by atoms with Crippen LogP contribution in [0.15, 0.2) is 59.0 Å². The van der Waals surface area contributed by atoms with E-state index in [2.05, 4.69) is 0 Å². The summed E-state index contributed by atoms with van der Waals surface area (Å²) in [6, 6.07) is 17.0. The first kappa shape index (κ1) is 13.2. The summed E-state index contributed by atoms with van der Waals surface area (Å²) in [5.74, 6) is -0.631. The first-order valence-corrected chi connectivity index (χ1v) is 6.63. The molecule has 2 aromatic carbocycles. The van der Waals surface area contributed by atoms with Crippen LogP contribution in [0, 0.1) is 0 Å². The number of carbonyl (C=O) groups is 1. The van der Waals surface area contributed by atoms with E-state index in [1.165, 1.54) is 0 Å². The van der Waals surface area contributed by atoms with Gasteiger partial charge < -0.3 is 14.3 Å². The van der Waals surface area contributed by atoms with Crippen molar-refractivity contribution in [1.82, 2.24) is 0 Å². The van der Waals surface area contributed by atoms with Crippen LogP contribution in [0.1, 0.15) is 11.1 Å². The number of para-hydroxylation sites is 1. The molecular formula is C17H14O4. The number of aliphatic carboxylic acids is 1. The summed E-state index contributed by atoms with van der Waals surface area (Å²) in [5.41, 5.74) is 2.21. The molecule has 21 heavy (non-hydrogen) atoms. The summed E-state index contributed by atoms with van der Waals surface area (Å²) in [6.07, 6.45) is -0.124. The Morgan fingerprint density at radius 1 is 1.05 bits per heavy atom. The molecule has 0 saturated heterocycles. The zero-order valence-corrected chi connectivity index (χ0v) is 11.3. The van der Waals surface area contributed by atoms with E-state index >= 15 is 0 Å². The van der Waals surface area contributed by atoms with Gasteiger partial charge >= 0.3 is 5.97 Å². The van der Waals surface area contributed by atoms with E-state index in [0.717, 1.165) is 10.9 Å². The Kier molecular flexibility index (Phi) is 3.60. The van der Waals surface area contributed by atoms with Crippen molar-refractivity contribution in [2.24, 2.45) is 0 Å². The summed E-state index contributed by atoms with van der Waals surface area (Å²) < 4.78 is 11.3. The second kappa shape index (κ2) is 5.71. The lowest BCUT2D eigenvalue weighted by atomic mass is 10.1. The molecule has 0 amide bonds. The number of furan rings is 1. The van der Waals surface area contributed by atoms with Crippen molar-refractivity contribution in [3.63, 3.8) is 0 Å². The maximum atomic E-state index is 11.0. The molecule has 1 N–H and O–H groups in total. The fourth-order valence-electron chi connectivity index (χ4n) is 2.23. The lowest BCUT2D eigenvalue weighted by Gasteiger charge is -2.04. The van der Waals surface area contributed by atoms with Crippen molar-refractivity contribution in [2.75, 3.05) is 0 Å². The maximum absolute atomic E-state index is 11.0.